The fraction of sp³-hybridized carbons (Fsp3) is 0.231. The third-order valence-corrected chi connectivity index (χ3v) is 6.27. The number of benzene rings is 3. The smallest absolute Gasteiger partial charge is 0.264 e. The number of nitrogens with zero attached hydrogens (tertiary/aromatic N) is 1. The molecular weight excluding hydrogens is 410 g/mol. The molecule has 0 bridgehead atoms. The molecule has 158 valence electrons. The van der Waals surface area contributed by atoms with Crippen molar-refractivity contribution >= 4 is 29.0 Å². The molecule has 3 aromatic carbocycles. The van der Waals surface area contributed by atoms with E-state index in [1.807, 2.05) is 63.2 Å². The molecule has 0 aliphatic carbocycles. The van der Waals surface area contributed by atoms with Gasteiger partial charge in [-0.05, 0) is 67.3 Å². The number of aryl methyl sites for hydroxylation is 3. The first-order chi connectivity index (χ1) is 14.7. The molecule has 4 rings (SSSR count). The Morgan fingerprint density at radius 3 is 2.35 bits per heavy atom. The van der Waals surface area contributed by atoms with Gasteiger partial charge in [0.2, 0.25) is 0 Å². The highest BCUT2D eigenvalue weighted by atomic mass is 35.5. The van der Waals surface area contributed by atoms with Crippen LogP contribution in [-0.2, 0) is 16.9 Å². The van der Waals surface area contributed by atoms with Gasteiger partial charge in [0.1, 0.15) is 0 Å². The lowest BCUT2D eigenvalue weighted by Gasteiger charge is -2.23. The summed E-state index contributed by atoms with van der Waals surface area (Å²) in [5.74, 6) is -0.785. The van der Waals surface area contributed by atoms with E-state index >= 15 is 0 Å². The summed E-state index contributed by atoms with van der Waals surface area (Å²) in [4.78, 5) is 28.2. The molecule has 1 unspecified atom stereocenters. The van der Waals surface area contributed by atoms with E-state index in [4.69, 9.17) is 11.6 Å². The van der Waals surface area contributed by atoms with Gasteiger partial charge in [-0.1, -0.05) is 48.0 Å². The first-order valence-electron chi connectivity index (χ1n) is 10.2. The highest BCUT2D eigenvalue weighted by molar-refractivity contribution is 6.31. The van der Waals surface area contributed by atoms with Gasteiger partial charge in [-0.15, -0.1) is 0 Å². The van der Waals surface area contributed by atoms with E-state index in [1.54, 1.807) is 18.2 Å². The molecule has 4 nitrogen and oxygen atoms in total. The zero-order valence-electron chi connectivity index (χ0n) is 17.8. The average Bonchev–Trinajstić information content (AvgIpc) is 2.93. The molecule has 0 spiro atoms. The largest absolute Gasteiger partial charge is 0.375 e. The highest BCUT2D eigenvalue weighted by Crippen LogP contribution is 2.45. The number of hydrogen-bond donors (Lipinski definition) is 1. The first kappa shape index (κ1) is 21.3. The fourth-order valence-corrected chi connectivity index (χ4v) is 4.38. The van der Waals surface area contributed by atoms with Crippen LogP contribution in [0.15, 0.2) is 60.7 Å². The molecule has 0 saturated heterocycles. The Labute approximate surface area is 187 Å². The maximum Gasteiger partial charge on any atom is 0.264 e. The van der Waals surface area contributed by atoms with E-state index in [9.17, 15) is 14.7 Å². The molecule has 5 heteroatoms. The minimum absolute atomic E-state index is 0.274. The summed E-state index contributed by atoms with van der Waals surface area (Å²) in [6, 6.07) is 18.3. The van der Waals surface area contributed by atoms with E-state index in [-0.39, 0.29) is 12.2 Å². The third kappa shape index (κ3) is 3.78. The van der Waals surface area contributed by atoms with Gasteiger partial charge in [-0.3, -0.25) is 9.59 Å². The van der Waals surface area contributed by atoms with Crippen LogP contribution in [0.4, 0.5) is 5.69 Å². The average molecular weight is 434 g/mol. The number of ketones is 1. The molecule has 1 heterocycles. The van der Waals surface area contributed by atoms with Crippen LogP contribution >= 0.6 is 11.6 Å². The first-order valence-corrected chi connectivity index (χ1v) is 10.6. The fourth-order valence-electron chi connectivity index (χ4n) is 4.21. The molecule has 0 fully saturated rings. The van der Waals surface area contributed by atoms with E-state index in [1.165, 1.54) is 4.90 Å². The second-order valence-electron chi connectivity index (χ2n) is 8.25. The number of fused-ring (bicyclic) bond motifs is 1. The lowest BCUT2D eigenvalue weighted by molar-refractivity contribution is -0.136. The van der Waals surface area contributed by atoms with Gasteiger partial charge in [0.25, 0.3) is 5.91 Å². The van der Waals surface area contributed by atoms with Gasteiger partial charge in [0, 0.05) is 16.1 Å². The number of carbonyl (C=O) groups is 2. The molecule has 1 atom stereocenters. The Hall–Kier alpha value is -2.95. The number of carbonyl (C=O) groups excluding carboxylic acids is 2. The maximum absolute atomic E-state index is 13.5. The maximum atomic E-state index is 13.5. The van der Waals surface area contributed by atoms with Crippen LogP contribution in [0, 0.1) is 20.8 Å². The predicted octanol–water partition coefficient (Wildman–Crippen LogP) is 5.27. The lowest BCUT2D eigenvalue weighted by atomic mass is 9.86. The van der Waals surface area contributed by atoms with Crippen molar-refractivity contribution in [2.75, 3.05) is 4.90 Å². The van der Waals surface area contributed by atoms with Gasteiger partial charge < -0.3 is 10.0 Å². The molecule has 1 aliphatic heterocycles. The van der Waals surface area contributed by atoms with Crippen molar-refractivity contribution in [2.24, 2.45) is 0 Å². The monoisotopic (exact) mass is 433 g/mol. The van der Waals surface area contributed by atoms with Crippen LogP contribution < -0.4 is 4.90 Å². The standard InChI is InChI=1S/C26H24ClNO3/c1-16-11-18(3)21(12-17(16)2)24(29)14-26(31)22-13-20(27)9-10-23(22)28(25(26)30)15-19-7-5-4-6-8-19/h4-13,31H,14-15H2,1-3H3. The summed E-state index contributed by atoms with van der Waals surface area (Å²) in [6.07, 6.45) is -0.339. The number of rotatable bonds is 5. The Morgan fingerprint density at radius 1 is 0.968 bits per heavy atom. The third-order valence-electron chi connectivity index (χ3n) is 6.03. The van der Waals surface area contributed by atoms with Crippen molar-refractivity contribution in [3.63, 3.8) is 0 Å². The molecule has 1 N–H and O–H groups in total. The van der Waals surface area contributed by atoms with Crippen molar-refractivity contribution in [3.05, 3.63) is 99.1 Å². The number of Topliss-reactive ketones (excluding diaryl/α,β-unsaturated/α-hetero) is 1. The summed E-state index contributed by atoms with van der Waals surface area (Å²) in [7, 11) is 0. The SMILES string of the molecule is Cc1cc(C)c(C(=O)CC2(O)C(=O)N(Cc3ccccc3)c3ccc(Cl)cc32)cc1C. The normalized spacial score (nSPS) is 17.7. The van der Waals surface area contributed by atoms with Gasteiger partial charge in [0.15, 0.2) is 11.4 Å². The minimum Gasteiger partial charge on any atom is -0.375 e. The van der Waals surface area contributed by atoms with Crippen LogP contribution in [0.1, 0.15) is 44.6 Å². The van der Waals surface area contributed by atoms with Crippen LogP contribution in [0.5, 0.6) is 0 Å². The molecule has 1 amide bonds. The second-order valence-corrected chi connectivity index (χ2v) is 8.69. The number of halogens is 1. The molecule has 31 heavy (non-hydrogen) atoms. The summed E-state index contributed by atoms with van der Waals surface area (Å²) in [5.41, 5.74) is 3.35. The zero-order valence-corrected chi connectivity index (χ0v) is 18.5. The van der Waals surface area contributed by atoms with Crippen LogP contribution in [0.2, 0.25) is 5.02 Å². The predicted molar refractivity (Wildman–Crippen MR) is 123 cm³/mol. The van der Waals surface area contributed by atoms with Crippen molar-refractivity contribution < 1.29 is 14.7 Å². The molecule has 0 aromatic heterocycles. The van der Waals surface area contributed by atoms with E-state index in [0.717, 1.165) is 22.3 Å². The Bertz CT molecular complexity index is 1190. The summed E-state index contributed by atoms with van der Waals surface area (Å²) >= 11 is 6.20. The van der Waals surface area contributed by atoms with Crippen molar-refractivity contribution in [3.8, 4) is 0 Å². The van der Waals surface area contributed by atoms with Crippen molar-refractivity contribution in [1.29, 1.82) is 0 Å². The minimum atomic E-state index is -1.96. The Kier molecular flexibility index (Phi) is 5.46. The number of amides is 1. The Morgan fingerprint density at radius 2 is 1.65 bits per heavy atom. The number of aliphatic hydroxyl groups is 1. The molecule has 3 aromatic rings. The van der Waals surface area contributed by atoms with Crippen molar-refractivity contribution in [2.45, 2.75) is 39.3 Å². The number of anilines is 1. The summed E-state index contributed by atoms with van der Waals surface area (Å²) < 4.78 is 0. The second kappa shape index (κ2) is 7.95. The lowest BCUT2D eigenvalue weighted by Crippen LogP contribution is -2.41. The molecule has 0 radical (unpaired) electrons. The van der Waals surface area contributed by atoms with Gasteiger partial charge in [0.05, 0.1) is 18.7 Å². The molecular formula is C26H24ClNO3. The van der Waals surface area contributed by atoms with Crippen LogP contribution in [-0.4, -0.2) is 16.8 Å². The zero-order chi connectivity index (χ0) is 22.3. The van der Waals surface area contributed by atoms with Gasteiger partial charge >= 0.3 is 0 Å². The van der Waals surface area contributed by atoms with E-state index in [2.05, 4.69) is 0 Å². The van der Waals surface area contributed by atoms with E-state index < -0.39 is 11.5 Å². The van der Waals surface area contributed by atoms with Crippen LogP contribution in [0.25, 0.3) is 0 Å². The summed E-state index contributed by atoms with van der Waals surface area (Å²) in [6.45, 7) is 6.10. The molecule has 1 aliphatic rings. The molecule has 0 saturated carbocycles. The van der Waals surface area contributed by atoms with Gasteiger partial charge in [-0.25, -0.2) is 0 Å². The topological polar surface area (TPSA) is 57.6 Å². The van der Waals surface area contributed by atoms with Crippen molar-refractivity contribution in [1.82, 2.24) is 0 Å². The van der Waals surface area contributed by atoms with Gasteiger partial charge in [-0.2, -0.15) is 0 Å². The quantitative estimate of drug-likeness (QED) is 0.557. The highest BCUT2D eigenvalue weighted by Gasteiger charge is 2.51. The van der Waals surface area contributed by atoms with Crippen LogP contribution in [0.3, 0.4) is 0 Å². The number of hydrogen-bond acceptors (Lipinski definition) is 3. The summed E-state index contributed by atoms with van der Waals surface area (Å²) in [5, 5.41) is 12.0. The Balaban J connectivity index is 1.73. The van der Waals surface area contributed by atoms with E-state index in [0.29, 0.717) is 28.4 Å².